The summed E-state index contributed by atoms with van der Waals surface area (Å²) in [6.45, 7) is 3.18. The number of quaternary nitrogens is 1. The van der Waals surface area contributed by atoms with Crippen molar-refractivity contribution in [1.82, 2.24) is 0 Å². The van der Waals surface area contributed by atoms with Crippen molar-refractivity contribution in [3.05, 3.63) is 0 Å². The molecule has 6 heteroatoms. The van der Waals surface area contributed by atoms with E-state index in [0.717, 1.165) is 31.6 Å². The second-order valence-corrected chi connectivity index (χ2v) is 10.4. The second-order valence-electron chi connectivity index (χ2n) is 8.97. The summed E-state index contributed by atoms with van der Waals surface area (Å²) in [5, 5.41) is 0. The maximum atomic E-state index is 12.1. The molecule has 26 heavy (non-hydrogen) atoms. The Morgan fingerprint density at radius 2 is 1.54 bits per heavy atom. The number of phosphoric acid groups is 1. The predicted octanol–water partition coefficient (Wildman–Crippen LogP) is 5.53. The molecule has 1 saturated carbocycles. The first-order valence-electron chi connectivity index (χ1n) is 10.7. The molecule has 0 heterocycles. The highest BCUT2D eigenvalue weighted by atomic mass is 31.2. The molecule has 1 unspecified atom stereocenters. The average Bonchev–Trinajstić information content (AvgIpc) is 2.54. The Morgan fingerprint density at radius 3 is 2.12 bits per heavy atom. The highest BCUT2D eigenvalue weighted by Gasteiger charge is 2.30. The zero-order valence-electron chi connectivity index (χ0n) is 17.6. The summed E-state index contributed by atoms with van der Waals surface area (Å²) in [6, 6.07) is 0. The average molecular weight is 393 g/mol. The zero-order chi connectivity index (χ0) is 19.5. The molecule has 0 bridgehead atoms. The van der Waals surface area contributed by atoms with Gasteiger partial charge in [-0.2, -0.15) is 0 Å². The van der Waals surface area contributed by atoms with E-state index in [1.807, 2.05) is 21.1 Å². The molecule has 0 aromatic carbocycles. The fraction of sp³-hybridized carbons (Fsp3) is 1.00. The van der Waals surface area contributed by atoms with Crippen molar-refractivity contribution >= 4 is 7.82 Å². The minimum atomic E-state index is -3.92. The lowest BCUT2D eigenvalue weighted by Gasteiger charge is -2.29. The van der Waals surface area contributed by atoms with Crippen molar-refractivity contribution in [1.29, 1.82) is 0 Å². The third-order valence-electron chi connectivity index (χ3n) is 5.31. The number of phosphoric ester groups is 1. The summed E-state index contributed by atoms with van der Waals surface area (Å²) >= 11 is 0. The lowest BCUT2D eigenvalue weighted by molar-refractivity contribution is -0.870. The van der Waals surface area contributed by atoms with Gasteiger partial charge in [0.2, 0.25) is 0 Å². The van der Waals surface area contributed by atoms with Gasteiger partial charge in [0.15, 0.2) is 0 Å². The zero-order valence-corrected chi connectivity index (χ0v) is 18.5. The van der Waals surface area contributed by atoms with Crippen molar-refractivity contribution in [3.63, 3.8) is 0 Å². The highest BCUT2D eigenvalue weighted by molar-refractivity contribution is 7.47. The summed E-state index contributed by atoms with van der Waals surface area (Å²) < 4.78 is 23.3. The maximum Gasteiger partial charge on any atom is 0.472 e. The van der Waals surface area contributed by atoms with Crippen LogP contribution in [0.3, 0.4) is 0 Å². The summed E-state index contributed by atoms with van der Waals surface area (Å²) in [5.74, 6) is 0.766. The molecule has 1 N–H and O–H groups in total. The van der Waals surface area contributed by atoms with Crippen LogP contribution in [0.25, 0.3) is 0 Å². The van der Waals surface area contributed by atoms with Crippen LogP contribution in [0.4, 0.5) is 0 Å². The number of unbranched alkanes of at least 4 members (excludes halogenated alkanes) is 6. The van der Waals surface area contributed by atoms with E-state index < -0.39 is 7.82 Å². The van der Waals surface area contributed by atoms with Gasteiger partial charge >= 0.3 is 7.82 Å². The largest absolute Gasteiger partial charge is 0.472 e. The molecule has 1 rings (SSSR count). The van der Waals surface area contributed by atoms with Gasteiger partial charge in [-0.1, -0.05) is 58.3 Å². The molecular weight excluding hydrogens is 349 g/mol. The topological polar surface area (TPSA) is 55.8 Å². The molecule has 5 nitrogen and oxygen atoms in total. The van der Waals surface area contributed by atoms with Crippen LogP contribution in [0.2, 0.25) is 0 Å². The molecule has 0 saturated heterocycles. The molecule has 1 aliphatic carbocycles. The van der Waals surface area contributed by atoms with Gasteiger partial charge in [0.1, 0.15) is 13.2 Å². The van der Waals surface area contributed by atoms with Crippen LogP contribution in [0, 0.1) is 5.92 Å². The van der Waals surface area contributed by atoms with E-state index in [1.54, 1.807) is 0 Å². The molecule has 0 aromatic rings. The second kappa shape index (κ2) is 12.5. The van der Waals surface area contributed by atoms with Crippen LogP contribution in [0.15, 0.2) is 0 Å². The lowest BCUT2D eigenvalue weighted by Crippen LogP contribution is -2.37. The molecule has 156 valence electrons. The minimum absolute atomic E-state index is 0.125. The third-order valence-corrected chi connectivity index (χ3v) is 6.38. The Bertz CT molecular complexity index is 403. The molecule has 0 aromatic heterocycles. The van der Waals surface area contributed by atoms with E-state index in [9.17, 15) is 9.46 Å². The van der Waals surface area contributed by atoms with Crippen LogP contribution in [0.5, 0.6) is 0 Å². The first-order chi connectivity index (χ1) is 12.2. The van der Waals surface area contributed by atoms with Crippen molar-refractivity contribution in [2.24, 2.45) is 5.92 Å². The smallest absolute Gasteiger partial charge is 0.329 e. The number of rotatable bonds is 14. The Labute approximate surface area is 161 Å². The molecular formula is C20H43NO4P+. The fourth-order valence-electron chi connectivity index (χ4n) is 3.56. The van der Waals surface area contributed by atoms with E-state index in [2.05, 4.69) is 6.92 Å². The Kier molecular flexibility index (Phi) is 11.6. The molecule has 0 amide bonds. The molecule has 1 aliphatic rings. The van der Waals surface area contributed by atoms with Gasteiger partial charge < -0.3 is 9.38 Å². The number of nitrogens with zero attached hydrogens (tertiary/aromatic N) is 1. The Hall–Kier alpha value is 0.0700. The van der Waals surface area contributed by atoms with Crippen LogP contribution < -0.4 is 0 Å². The first-order valence-corrected chi connectivity index (χ1v) is 12.2. The van der Waals surface area contributed by atoms with Gasteiger partial charge in [0.05, 0.1) is 27.2 Å². The normalized spacial score (nSPS) is 23.7. The van der Waals surface area contributed by atoms with E-state index in [4.69, 9.17) is 9.05 Å². The van der Waals surface area contributed by atoms with Crippen LogP contribution in [-0.2, 0) is 13.6 Å². The fourth-order valence-corrected chi connectivity index (χ4v) is 4.53. The lowest BCUT2D eigenvalue weighted by atomic mass is 9.84. The summed E-state index contributed by atoms with van der Waals surface area (Å²) in [7, 11) is 2.16. The van der Waals surface area contributed by atoms with Crippen LogP contribution in [-0.4, -0.2) is 49.8 Å². The van der Waals surface area contributed by atoms with Gasteiger partial charge in [-0.05, 0) is 31.6 Å². The Morgan fingerprint density at radius 1 is 0.962 bits per heavy atom. The molecule has 1 atom stereocenters. The summed E-state index contributed by atoms with van der Waals surface area (Å²) in [5.41, 5.74) is 0. The van der Waals surface area contributed by atoms with E-state index in [0.29, 0.717) is 11.0 Å². The van der Waals surface area contributed by atoms with E-state index >= 15 is 0 Å². The maximum absolute atomic E-state index is 12.1. The van der Waals surface area contributed by atoms with Gasteiger partial charge in [-0.25, -0.2) is 4.57 Å². The summed E-state index contributed by atoms with van der Waals surface area (Å²) in [6.07, 6.45) is 14.7. The van der Waals surface area contributed by atoms with Crippen molar-refractivity contribution < 1.29 is 23.0 Å². The summed E-state index contributed by atoms with van der Waals surface area (Å²) in [4.78, 5) is 9.90. The van der Waals surface area contributed by atoms with Gasteiger partial charge in [0, 0.05) is 0 Å². The number of likely N-dealkylation sites (N-methyl/N-ethyl adjacent to an activating group) is 1. The first kappa shape index (κ1) is 24.1. The molecule has 1 fully saturated rings. The predicted molar refractivity (Wildman–Crippen MR) is 108 cm³/mol. The monoisotopic (exact) mass is 392 g/mol. The van der Waals surface area contributed by atoms with Crippen molar-refractivity contribution in [2.75, 3.05) is 34.3 Å². The number of hydrogen-bond donors (Lipinski definition) is 1. The number of hydrogen-bond acceptors (Lipinski definition) is 3. The van der Waals surface area contributed by atoms with Gasteiger partial charge in [-0.15, -0.1) is 0 Å². The quantitative estimate of drug-likeness (QED) is 0.240. The highest BCUT2D eigenvalue weighted by Crippen LogP contribution is 2.47. The molecule has 0 spiro atoms. The van der Waals surface area contributed by atoms with Crippen LogP contribution >= 0.6 is 7.82 Å². The van der Waals surface area contributed by atoms with E-state index in [1.165, 1.54) is 51.4 Å². The Balaban J connectivity index is 2.10. The molecule has 0 aliphatic heterocycles. The van der Waals surface area contributed by atoms with Gasteiger partial charge in [-0.3, -0.25) is 9.05 Å². The SMILES string of the molecule is CCCCCCCCC[C@H]1CC[C@H](OP(=O)(O)OCC[N+](C)(C)C)CC1. The van der Waals surface area contributed by atoms with Gasteiger partial charge in [0.25, 0.3) is 0 Å². The molecule has 0 radical (unpaired) electrons. The van der Waals surface area contributed by atoms with Crippen molar-refractivity contribution in [3.8, 4) is 0 Å². The van der Waals surface area contributed by atoms with E-state index in [-0.39, 0.29) is 12.7 Å². The third kappa shape index (κ3) is 12.5. The minimum Gasteiger partial charge on any atom is -0.329 e. The standard InChI is InChI=1S/C20H42NO4P/c1-5-6-7-8-9-10-11-12-19-13-15-20(16-14-19)25-26(22,23)24-18-17-21(2,3)4/h19-20H,5-18H2,1-4H3/p+1/t19-,20-. The van der Waals surface area contributed by atoms with Crippen LogP contribution in [0.1, 0.15) is 84.0 Å². The van der Waals surface area contributed by atoms with Crippen molar-refractivity contribution in [2.45, 2.75) is 90.1 Å².